The maximum absolute atomic E-state index is 13.6. The molecule has 0 aliphatic heterocycles. The number of fused-ring (bicyclic) bond motifs is 3. The van der Waals surface area contributed by atoms with Crippen LogP contribution >= 0.6 is 58.0 Å². The number of aromatic amines is 2. The van der Waals surface area contributed by atoms with Gasteiger partial charge in [-0.25, -0.2) is 4.68 Å². The van der Waals surface area contributed by atoms with Crippen LogP contribution in [0.1, 0.15) is 216 Å². The molecule has 3 amide bonds. The van der Waals surface area contributed by atoms with Crippen molar-refractivity contribution < 1.29 is 14.4 Å². The van der Waals surface area contributed by atoms with Gasteiger partial charge in [-0.1, -0.05) is 174 Å². The van der Waals surface area contributed by atoms with Gasteiger partial charge in [-0.2, -0.15) is 15.3 Å². The van der Waals surface area contributed by atoms with Crippen molar-refractivity contribution in [2.24, 2.45) is 5.92 Å². The van der Waals surface area contributed by atoms with Gasteiger partial charge in [0.1, 0.15) is 11.4 Å². The summed E-state index contributed by atoms with van der Waals surface area (Å²) >= 11 is 31.0. The molecule has 0 saturated heterocycles. The minimum absolute atomic E-state index is 0.00966. The molecule has 13 rings (SSSR count). The van der Waals surface area contributed by atoms with Crippen LogP contribution in [0, 0.1) is 5.92 Å². The zero-order valence-electron chi connectivity index (χ0n) is 53.9. The molecule has 12 nitrogen and oxygen atoms in total. The van der Waals surface area contributed by atoms with Crippen molar-refractivity contribution in [2.45, 2.75) is 148 Å². The first-order valence-corrected chi connectivity index (χ1v) is 35.2. The first kappa shape index (κ1) is 68.4. The summed E-state index contributed by atoms with van der Waals surface area (Å²) in [5, 5.41) is 32.7. The van der Waals surface area contributed by atoms with Crippen LogP contribution in [0.15, 0.2) is 152 Å². The number of benzene rings is 6. The van der Waals surface area contributed by atoms with E-state index in [0.717, 1.165) is 160 Å². The van der Waals surface area contributed by atoms with Crippen molar-refractivity contribution in [1.82, 2.24) is 46.1 Å². The van der Waals surface area contributed by atoms with Crippen molar-refractivity contribution in [3.05, 3.63) is 255 Å². The highest BCUT2D eigenvalue weighted by Crippen LogP contribution is 2.39. The third-order valence-corrected chi connectivity index (χ3v) is 19.7. The fourth-order valence-electron chi connectivity index (χ4n) is 13.3. The Morgan fingerprint density at radius 1 is 0.463 bits per heavy atom. The molecule has 6 aromatic carbocycles. The number of allylic oxidation sites excluding steroid dienone is 3. The maximum Gasteiger partial charge on any atom is 0.272 e. The number of aromatic nitrogens is 6. The molecule has 4 aliphatic carbocycles. The van der Waals surface area contributed by atoms with Crippen molar-refractivity contribution in [2.75, 3.05) is 0 Å². The number of H-pyrrole nitrogens is 2. The van der Waals surface area contributed by atoms with Crippen LogP contribution in [-0.2, 0) is 19.3 Å². The van der Waals surface area contributed by atoms with E-state index in [1.54, 1.807) is 12.1 Å². The minimum atomic E-state index is -0.204. The van der Waals surface area contributed by atoms with Crippen LogP contribution in [-0.4, -0.2) is 53.9 Å². The molecule has 95 heavy (non-hydrogen) atoms. The van der Waals surface area contributed by atoms with Crippen LogP contribution in [0.2, 0.25) is 25.1 Å². The summed E-state index contributed by atoms with van der Waals surface area (Å²) in [6, 6.07) is 48.5. The average Bonchev–Trinajstić information content (AvgIpc) is 1.63. The summed E-state index contributed by atoms with van der Waals surface area (Å²) in [6.07, 6.45) is 24.3. The molecule has 3 heterocycles. The maximum atomic E-state index is 13.6. The lowest BCUT2D eigenvalue weighted by Crippen LogP contribution is -2.39. The minimum Gasteiger partial charge on any atom is -0.348 e. The molecular weight excluding hydrogens is 1290 g/mol. The largest absolute Gasteiger partial charge is 0.348 e. The molecule has 0 spiro atoms. The van der Waals surface area contributed by atoms with Gasteiger partial charge in [0.2, 0.25) is 0 Å². The predicted molar refractivity (Wildman–Crippen MR) is 390 cm³/mol. The first-order valence-electron chi connectivity index (χ1n) is 33.3. The van der Waals surface area contributed by atoms with E-state index in [4.69, 9.17) is 63.1 Å². The summed E-state index contributed by atoms with van der Waals surface area (Å²) in [7, 11) is 0. The summed E-state index contributed by atoms with van der Waals surface area (Å²) in [5.41, 5.74) is 16.9. The standard InChI is InChI=1S/C30H26Cl3N3O.C24H30ClN3O.C24H24ClN3O/c1-19(21-7-3-2-4-8-21)34-30(37)28-25-10-6-5-9-22(17-20-11-13-23(31)14-12-20)29(25)36(35-28)27-16-15-24(32)18-26(27)33;2*1-16(18-7-3-2-4-8-18)26-24(29)23-21-10-6-5-9-19(22(21)27-28-23)15-17-11-13-20(25)14-12-17/h2-4,7-8,11-19H,5-6,9-10H2,1H3,(H,34,37);11-16,18H,2-10H2,1H3,(H,26,29)(H,27,28);2-4,7-8,11-16H,5-6,9-10H2,1H3,(H,26,29)(H,27,28)/b22-17+;2*19-15+/t19-;2*16-/m010/s1. The Bertz CT molecular complexity index is 4210. The Morgan fingerprint density at radius 2 is 0.874 bits per heavy atom. The van der Waals surface area contributed by atoms with Gasteiger partial charge in [-0.3, -0.25) is 24.6 Å². The molecule has 17 heteroatoms. The number of hydrogen-bond acceptors (Lipinski definition) is 6. The van der Waals surface area contributed by atoms with E-state index in [0.29, 0.717) is 43.8 Å². The number of rotatable bonds is 13. The molecule has 490 valence electrons. The zero-order chi connectivity index (χ0) is 66.4. The topological polar surface area (TPSA) is 162 Å². The summed E-state index contributed by atoms with van der Waals surface area (Å²) in [6.45, 7) is 6.12. The van der Waals surface area contributed by atoms with E-state index in [1.807, 2.05) is 158 Å². The number of hydrogen-bond donors (Lipinski definition) is 5. The van der Waals surface area contributed by atoms with Crippen LogP contribution in [0.4, 0.5) is 0 Å². The van der Waals surface area contributed by atoms with Gasteiger partial charge < -0.3 is 16.0 Å². The normalized spacial score (nSPS) is 17.0. The van der Waals surface area contributed by atoms with Crippen molar-refractivity contribution in [1.29, 1.82) is 0 Å². The van der Waals surface area contributed by atoms with Gasteiger partial charge in [-0.15, -0.1) is 0 Å². The number of amides is 3. The lowest BCUT2D eigenvalue weighted by atomic mass is 9.84. The number of carbonyl (C=O) groups is 3. The quantitative estimate of drug-likeness (QED) is 0.0722. The van der Waals surface area contributed by atoms with E-state index in [-0.39, 0.29) is 35.8 Å². The zero-order valence-corrected chi connectivity index (χ0v) is 57.7. The Balaban J connectivity index is 0.000000147. The second kappa shape index (κ2) is 32.6. The molecule has 5 N–H and O–H groups in total. The monoisotopic (exact) mass is 1370 g/mol. The van der Waals surface area contributed by atoms with Crippen LogP contribution in [0.25, 0.3) is 40.6 Å². The second-order valence-electron chi connectivity index (χ2n) is 25.2. The Kier molecular flexibility index (Phi) is 23.5. The van der Waals surface area contributed by atoms with E-state index in [1.165, 1.54) is 37.7 Å². The third kappa shape index (κ3) is 17.6. The fourth-order valence-corrected chi connectivity index (χ4v) is 14.1. The van der Waals surface area contributed by atoms with Gasteiger partial charge in [0.05, 0.1) is 39.9 Å². The molecule has 1 fully saturated rings. The van der Waals surface area contributed by atoms with Crippen LogP contribution in [0.3, 0.4) is 0 Å². The van der Waals surface area contributed by atoms with E-state index < -0.39 is 0 Å². The summed E-state index contributed by atoms with van der Waals surface area (Å²) in [5.74, 6) is 0.270. The van der Waals surface area contributed by atoms with Crippen molar-refractivity contribution >= 4 is 111 Å². The Hall–Kier alpha value is -7.97. The fraction of sp³-hybridized carbons (Fsp3) is 0.308. The lowest BCUT2D eigenvalue weighted by Gasteiger charge is -2.28. The first-order chi connectivity index (χ1) is 46.1. The molecule has 9 aromatic rings. The van der Waals surface area contributed by atoms with Crippen LogP contribution in [0.5, 0.6) is 0 Å². The molecule has 0 unspecified atom stereocenters. The molecular formula is C78H80Cl5N9O3. The van der Waals surface area contributed by atoms with Gasteiger partial charge in [0.25, 0.3) is 17.7 Å². The lowest BCUT2D eigenvalue weighted by molar-refractivity contribution is 0.0909. The molecule has 4 aliphatic rings. The molecule has 3 atom stereocenters. The van der Waals surface area contributed by atoms with Crippen molar-refractivity contribution in [3.8, 4) is 5.69 Å². The Labute approximate surface area is 582 Å². The average molecular weight is 1370 g/mol. The predicted octanol–water partition coefficient (Wildman–Crippen LogP) is 20.4. The number of nitrogens with zero attached hydrogens (tertiary/aromatic N) is 4. The van der Waals surface area contributed by atoms with E-state index >= 15 is 0 Å². The molecule has 1 saturated carbocycles. The van der Waals surface area contributed by atoms with E-state index in [2.05, 4.69) is 61.5 Å². The summed E-state index contributed by atoms with van der Waals surface area (Å²) in [4.78, 5) is 39.6. The van der Waals surface area contributed by atoms with Gasteiger partial charge in [0, 0.05) is 42.8 Å². The third-order valence-electron chi connectivity index (χ3n) is 18.4. The molecule has 0 bridgehead atoms. The molecule has 0 radical (unpaired) electrons. The Morgan fingerprint density at radius 3 is 1.35 bits per heavy atom. The van der Waals surface area contributed by atoms with Gasteiger partial charge >= 0.3 is 0 Å². The smallest absolute Gasteiger partial charge is 0.272 e. The number of halogens is 5. The highest BCUT2D eigenvalue weighted by Gasteiger charge is 2.31. The highest BCUT2D eigenvalue weighted by atomic mass is 35.5. The SMILES string of the molecule is C[C@@H](NC(=O)c1[nH]nc2c1CCCC/C2=C\c1ccc(Cl)cc1)C1CCCCC1.C[C@H](NC(=O)c1[nH]nc2c1CCCC/C2=C\c1ccc(Cl)cc1)c1ccccc1.C[C@H](NC(=O)c1nn(-c2ccc(Cl)cc2Cl)c2c1CCCC/C2=C\c1ccc(Cl)cc1)c1ccccc1. The second-order valence-corrected chi connectivity index (χ2v) is 27.3. The summed E-state index contributed by atoms with van der Waals surface area (Å²) < 4.78 is 1.81. The van der Waals surface area contributed by atoms with E-state index in [9.17, 15) is 14.4 Å². The number of carbonyl (C=O) groups excluding carboxylic acids is 3. The highest BCUT2D eigenvalue weighted by molar-refractivity contribution is 6.36. The van der Waals surface area contributed by atoms with Crippen LogP contribution < -0.4 is 16.0 Å². The van der Waals surface area contributed by atoms with Gasteiger partial charge in [0.15, 0.2) is 5.69 Å². The van der Waals surface area contributed by atoms with Crippen molar-refractivity contribution in [3.63, 3.8) is 0 Å². The number of nitrogens with one attached hydrogen (secondary N) is 5. The molecule has 3 aromatic heterocycles. The van der Waals surface area contributed by atoms with Gasteiger partial charge in [-0.05, 0) is 234 Å².